The number of nitrogens with zero attached hydrogens (tertiary/aromatic N) is 2. The molecular formula is C29H33F3N4O5S. The quantitative estimate of drug-likeness (QED) is 0.157. The Hall–Kier alpha value is -4.13. The summed E-state index contributed by atoms with van der Waals surface area (Å²) in [7, 11) is -2.65. The first-order chi connectivity index (χ1) is 19.8. The van der Waals surface area contributed by atoms with Crippen molar-refractivity contribution in [3.8, 4) is 0 Å². The van der Waals surface area contributed by atoms with Gasteiger partial charge in [0.05, 0.1) is 29.7 Å². The highest BCUT2D eigenvalue weighted by atomic mass is 32.2. The lowest BCUT2D eigenvalue weighted by Crippen LogP contribution is -2.22. The number of esters is 1. The summed E-state index contributed by atoms with van der Waals surface area (Å²) in [6, 6.07) is 12.5. The summed E-state index contributed by atoms with van der Waals surface area (Å²) < 4.78 is 72.3. The molecule has 13 heteroatoms. The molecule has 1 aromatic heterocycles. The molecule has 1 atom stereocenters. The van der Waals surface area contributed by atoms with Crippen molar-refractivity contribution in [1.82, 2.24) is 9.40 Å². The van der Waals surface area contributed by atoms with Crippen LogP contribution in [-0.4, -0.2) is 38.2 Å². The van der Waals surface area contributed by atoms with Gasteiger partial charge in [0.25, 0.3) is 15.9 Å². The largest absolute Gasteiger partial charge is 0.469 e. The molecule has 42 heavy (non-hydrogen) atoms. The van der Waals surface area contributed by atoms with E-state index in [9.17, 15) is 31.2 Å². The van der Waals surface area contributed by atoms with Crippen LogP contribution < -0.4 is 10.1 Å². The van der Waals surface area contributed by atoms with Crippen LogP contribution in [0, 0.1) is 6.92 Å². The van der Waals surface area contributed by atoms with Crippen LogP contribution in [0.1, 0.15) is 65.6 Å². The molecule has 0 unspecified atom stereocenters. The van der Waals surface area contributed by atoms with Crippen molar-refractivity contribution >= 4 is 33.8 Å². The van der Waals surface area contributed by atoms with E-state index in [2.05, 4.69) is 20.0 Å². The minimum Gasteiger partial charge on any atom is -0.469 e. The normalized spacial score (nSPS) is 12.7. The molecule has 3 aromatic rings. The number of hydrazone groups is 1. The summed E-state index contributed by atoms with van der Waals surface area (Å²) >= 11 is 0. The van der Waals surface area contributed by atoms with Crippen molar-refractivity contribution in [2.24, 2.45) is 5.10 Å². The van der Waals surface area contributed by atoms with Gasteiger partial charge in [0.2, 0.25) is 0 Å². The predicted octanol–water partition coefficient (Wildman–Crippen LogP) is 5.65. The smallest absolute Gasteiger partial charge is 0.418 e. The maximum atomic E-state index is 13.7. The molecule has 0 saturated heterocycles. The maximum absolute atomic E-state index is 13.7. The summed E-state index contributed by atoms with van der Waals surface area (Å²) in [4.78, 5) is 27.2. The number of sulfonamides is 1. The molecule has 0 saturated carbocycles. The number of halogens is 3. The second-order valence-electron chi connectivity index (χ2n) is 9.68. The van der Waals surface area contributed by atoms with Crippen LogP contribution in [0.25, 0.3) is 0 Å². The Balaban J connectivity index is 1.78. The van der Waals surface area contributed by atoms with Crippen molar-refractivity contribution in [3.63, 3.8) is 0 Å². The Bertz CT molecular complexity index is 1550. The number of carbonyl (C=O) groups is 2. The number of hydrogen-bond donors (Lipinski definition) is 2. The Morgan fingerprint density at radius 3 is 2.40 bits per heavy atom. The highest BCUT2D eigenvalue weighted by Crippen LogP contribution is 2.36. The molecule has 2 N–H and O–H groups in total. The van der Waals surface area contributed by atoms with E-state index in [0.717, 1.165) is 29.5 Å². The summed E-state index contributed by atoms with van der Waals surface area (Å²) in [5.74, 6) is -1.38. The Labute approximate surface area is 242 Å². The van der Waals surface area contributed by atoms with E-state index in [1.165, 1.54) is 31.5 Å². The second-order valence-corrected chi connectivity index (χ2v) is 11.3. The van der Waals surface area contributed by atoms with E-state index < -0.39 is 39.3 Å². The molecule has 3 rings (SSSR count). The summed E-state index contributed by atoms with van der Waals surface area (Å²) in [5, 5.41) is 6.20. The number of carbonyl (C=O) groups excluding carboxylic acids is 2. The second kappa shape index (κ2) is 13.7. The average Bonchev–Trinajstić information content (AvgIpc) is 3.36. The number of rotatable bonds is 12. The van der Waals surface area contributed by atoms with Crippen LogP contribution >= 0.6 is 0 Å². The lowest BCUT2D eigenvalue weighted by molar-refractivity contribution is -0.139. The van der Waals surface area contributed by atoms with Crippen LogP contribution in [0.15, 0.2) is 64.6 Å². The fourth-order valence-corrected chi connectivity index (χ4v) is 5.03. The van der Waals surface area contributed by atoms with Gasteiger partial charge < -0.3 is 14.6 Å². The number of anilines is 1. The zero-order valence-corrected chi connectivity index (χ0v) is 24.5. The minimum atomic E-state index is -4.74. The van der Waals surface area contributed by atoms with Gasteiger partial charge in [0, 0.05) is 18.0 Å². The van der Waals surface area contributed by atoms with Crippen LogP contribution in [0.3, 0.4) is 0 Å². The summed E-state index contributed by atoms with van der Waals surface area (Å²) in [6.07, 6.45) is -2.25. The molecule has 2 aromatic carbocycles. The molecule has 0 aliphatic carbocycles. The van der Waals surface area contributed by atoms with Crippen LogP contribution in [-0.2, 0) is 38.6 Å². The molecule has 226 valence electrons. The number of methoxy groups -OCH3 is 1. The van der Waals surface area contributed by atoms with Gasteiger partial charge in [-0.15, -0.1) is 0 Å². The number of aryl methyl sites for hydroxylation is 2. The fraction of sp³-hybridized carbons (Fsp3) is 0.345. The maximum Gasteiger partial charge on any atom is 0.418 e. The number of alkyl halides is 3. The summed E-state index contributed by atoms with van der Waals surface area (Å²) in [5.41, 5.74) is 0.528. The number of hydrogen-bond acceptors (Lipinski definition) is 6. The first-order valence-electron chi connectivity index (χ1n) is 13.1. The molecule has 0 radical (unpaired) electrons. The number of amides is 1. The van der Waals surface area contributed by atoms with Gasteiger partial charge in [-0.1, -0.05) is 30.7 Å². The van der Waals surface area contributed by atoms with Crippen LogP contribution in [0.2, 0.25) is 0 Å². The monoisotopic (exact) mass is 606 g/mol. The van der Waals surface area contributed by atoms with E-state index in [1.54, 1.807) is 22.8 Å². The van der Waals surface area contributed by atoms with Crippen LogP contribution in [0.5, 0.6) is 0 Å². The third-order valence-electron chi connectivity index (χ3n) is 6.61. The van der Waals surface area contributed by atoms with Gasteiger partial charge in [0.1, 0.15) is 5.69 Å². The number of aromatic nitrogens is 1. The highest BCUT2D eigenvalue weighted by Gasteiger charge is 2.34. The number of ether oxygens (including phenoxy) is 1. The molecule has 9 nitrogen and oxygen atoms in total. The topological polar surface area (TPSA) is 119 Å². The lowest BCUT2D eigenvalue weighted by atomic mass is 10.1. The number of nitrogens with one attached hydrogen (secondary N) is 2. The fourth-order valence-electron chi connectivity index (χ4n) is 4.21. The Kier molecular flexibility index (Phi) is 10.6. The van der Waals surface area contributed by atoms with Gasteiger partial charge in [0.15, 0.2) is 0 Å². The van der Waals surface area contributed by atoms with Gasteiger partial charge in [-0.3, -0.25) is 9.59 Å². The molecule has 1 heterocycles. The minimum absolute atomic E-state index is 0.0797. The molecule has 0 spiro atoms. The molecule has 0 fully saturated rings. The van der Waals surface area contributed by atoms with Crippen molar-refractivity contribution < 1.29 is 35.9 Å². The molecule has 0 bridgehead atoms. The van der Waals surface area contributed by atoms with E-state index in [-0.39, 0.29) is 28.6 Å². The van der Waals surface area contributed by atoms with E-state index >= 15 is 0 Å². The highest BCUT2D eigenvalue weighted by molar-refractivity contribution is 7.89. The third kappa shape index (κ3) is 8.21. The molecule has 1 amide bonds. The van der Waals surface area contributed by atoms with Crippen molar-refractivity contribution in [3.05, 3.63) is 82.7 Å². The van der Waals surface area contributed by atoms with Crippen LogP contribution in [0.4, 0.5) is 18.9 Å². The van der Waals surface area contributed by atoms with E-state index in [4.69, 9.17) is 0 Å². The SMILES string of the molecule is CC[C@H](C)n1c(CC/C=N/NS(=O)(=O)c2ccc(C)cc2)ccc1C(=O)Nc1cc(CC(=O)OC)ccc1C(F)(F)F. The predicted molar refractivity (Wildman–Crippen MR) is 153 cm³/mol. The zero-order valence-electron chi connectivity index (χ0n) is 23.7. The van der Waals surface area contributed by atoms with E-state index in [1.807, 2.05) is 20.8 Å². The van der Waals surface area contributed by atoms with Crippen molar-refractivity contribution in [2.75, 3.05) is 12.4 Å². The van der Waals surface area contributed by atoms with Gasteiger partial charge in [-0.2, -0.15) is 26.7 Å². The first kappa shape index (κ1) is 32.4. The summed E-state index contributed by atoms with van der Waals surface area (Å²) in [6.45, 7) is 5.63. The molecule has 0 aliphatic heterocycles. The lowest BCUT2D eigenvalue weighted by Gasteiger charge is -2.20. The molecular weight excluding hydrogens is 573 g/mol. The Morgan fingerprint density at radius 2 is 1.79 bits per heavy atom. The molecule has 0 aliphatic rings. The van der Waals surface area contributed by atoms with Crippen molar-refractivity contribution in [1.29, 1.82) is 0 Å². The zero-order chi connectivity index (χ0) is 31.1. The van der Waals surface area contributed by atoms with Crippen molar-refractivity contribution in [2.45, 2.75) is 63.6 Å². The van der Waals surface area contributed by atoms with Gasteiger partial charge in [-0.05, 0) is 75.1 Å². The van der Waals surface area contributed by atoms with Gasteiger partial charge in [-0.25, -0.2) is 4.83 Å². The third-order valence-corrected chi connectivity index (χ3v) is 7.84. The van der Waals surface area contributed by atoms with Gasteiger partial charge >= 0.3 is 12.1 Å². The number of benzene rings is 2. The van der Waals surface area contributed by atoms with E-state index in [0.29, 0.717) is 19.3 Å². The Morgan fingerprint density at radius 1 is 1.10 bits per heavy atom. The first-order valence-corrected chi connectivity index (χ1v) is 14.6. The average molecular weight is 607 g/mol. The standard InChI is InChI=1S/C29H33F3N4O5S/c1-5-20(3)36-22(7-6-16-33-35-42(39,40)23-12-8-19(2)9-13-23)11-15-26(36)28(38)34-25-17-21(18-27(37)41-4)10-14-24(25)29(30,31)32/h8-17,20,35H,5-7,18H2,1-4H3,(H,34,38)/b33-16+/t20-/m0/s1.